The summed E-state index contributed by atoms with van der Waals surface area (Å²) in [6.45, 7) is 4.46. The fourth-order valence-corrected chi connectivity index (χ4v) is 4.95. The third-order valence-corrected chi connectivity index (χ3v) is 6.55. The Morgan fingerprint density at radius 2 is 1.69 bits per heavy atom. The molecule has 0 unspecified atom stereocenters. The van der Waals surface area contributed by atoms with Crippen LogP contribution in [0.25, 0.3) is 0 Å². The van der Waals surface area contributed by atoms with Crippen LogP contribution in [0.4, 0.5) is 0 Å². The normalized spacial score (nSPS) is 12.1. The van der Waals surface area contributed by atoms with Crippen molar-refractivity contribution in [3.8, 4) is 5.75 Å². The highest BCUT2D eigenvalue weighted by atomic mass is 35.5. The largest absolute Gasteiger partial charge is 0.505 e. The lowest BCUT2D eigenvalue weighted by atomic mass is 10.1. The van der Waals surface area contributed by atoms with Gasteiger partial charge in [-0.2, -0.15) is 4.31 Å². The molecule has 0 aliphatic heterocycles. The highest BCUT2D eigenvalue weighted by Gasteiger charge is 2.31. The Hall–Kier alpha value is -1.35. The van der Waals surface area contributed by atoms with Crippen molar-refractivity contribution in [2.24, 2.45) is 0 Å². The average Bonchev–Trinajstić information content (AvgIpc) is 2.68. The summed E-state index contributed by atoms with van der Waals surface area (Å²) in [6.07, 6.45) is -0.271. The maximum Gasteiger partial charge on any atom is 0.247 e. The lowest BCUT2D eigenvalue weighted by Gasteiger charge is -2.27. The summed E-state index contributed by atoms with van der Waals surface area (Å²) in [4.78, 5) is -0.352. The van der Waals surface area contributed by atoms with Gasteiger partial charge in [0.2, 0.25) is 10.0 Å². The number of phenols is 1. The molecule has 0 bridgehead atoms. The van der Waals surface area contributed by atoms with Crippen LogP contribution in [0.1, 0.15) is 19.4 Å². The molecule has 0 aromatic heterocycles. The number of aromatic hydroxyl groups is 1. The first-order valence-electron chi connectivity index (χ1n) is 9.24. The van der Waals surface area contributed by atoms with Gasteiger partial charge >= 0.3 is 0 Å². The van der Waals surface area contributed by atoms with E-state index in [1.54, 1.807) is 13.8 Å². The van der Waals surface area contributed by atoms with Crippen molar-refractivity contribution in [3.63, 3.8) is 0 Å². The summed E-state index contributed by atoms with van der Waals surface area (Å²) in [7, 11) is -4.12. The number of phenolic OH excluding ortho intramolecular Hbond substituents is 1. The van der Waals surface area contributed by atoms with E-state index in [4.69, 9.17) is 32.7 Å². The van der Waals surface area contributed by atoms with E-state index >= 15 is 0 Å². The van der Waals surface area contributed by atoms with Crippen LogP contribution in [0, 0.1) is 0 Å². The number of benzene rings is 2. The number of rotatable bonds is 11. The van der Waals surface area contributed by atoms with E-state index in [0.717, 1.165) is 5.56 Å². The molecular formula is C20H25Cl2NO5S. The second-order valence-electron chi connectivity index (χ2n) is 6.17. The Bertz CT molecular complexity index is 887. The molecule has 6 nitrogen and oxygen atoms in total. The average molecular weight is 462 g/mol. The summed E-state index contributed by atoms with van der Waals surface area (Å²) >= 11 is 11.9. The second kappa shape index (κ2) is 11.2. The molecule has 2 aromatic rings. The van der Waals surface area contributed by atoms with Gasteiger partial charge in [0, 0.05) is 24.8 Å². The molecule has 0 radical (unpaired) electrons. The number of hydrogen-bond acceptors (Lipinski definition) is 5. The lowest BCUT2D eigenvalue weighted by Crippen LogP contribution is -2.41. The van der Waals surface area contributed by atoms with E-state index in [1.165, 1.54) is 16.4 Å². The van der Waals surface area contributed by atoms with Crippen molar-refractivity contribution in [1.82, 2.24) is 4.31 Å². The monoisotopic (exact) mass is 461 g/mol. The van der Waals surface area contributed by atoms with Gasteiger partial charge in [-0.3, -0.25) is 0 Å². The Labute approximate surface area is 182 Å². The Morgan fingerprint density at radius 3 is 2.28 bits per heavy atom. The van der Waals surface area contributed by atoms with Crippen molar-refractivity contribution in [2.45, 2.75) is 31.5 Å². The molecule has 160 valence electrons. The molecule has 0 aliphatic carbocycles. The van der Waals surface area contributed by atoms with Crippen molar-refractivity contribution < 1.29 is 23.0 Å². The SMILES string of the molecule is CCOC(CN(CCc1ccccc1)S(=O)(=O)c1cc(Cl)cc(Cl)c1O)OCC. The zero-order chi connectivity index (χ0) is 21.4. The molecule has 2 aromatic carbocycles. The highest BCUT2D eigenvalue weighted by molar-refractivity contribution is 7.89. The summed E-state index contributed by atoms with van der Waals surface area (Å²) < 4.78 is 39.0. The molecule has 1 N–H and O–H groups in total. The molecule has 0 saturated heterocycles. The van der Waals surface area contributed by atoms with E-state index < -0.39 is 22.1 Å². The smallest absolute Gasteiger partial charge is 0.247 e. The topological polar surface area (TPSA) is 76.1 Å². The number of hydrogen-bond donors (Lipinski definition) is 1. The highest BCUT2D eigenvalue weighted by Crippen LogP contribution is 2.35. The van der Waals surface area contributed by atoms with Gasteiger partial charge in [-0.1, -0.05) is 53.5 Å². The minimum absolute atomic E-state index is 0.0413. The van der Waals surface area contributed by atoms with Gasteiger partial charge in [-0.25, -0.2) is 8.42 Å². The van der Waals surface area contributed by atoms with Crippen LogP contribution < -0.4 is 0 Å². The quantitative estimate of drug-likeness (QED) is 0.503. The molecule has 2 rings (SSSR count). The predicted octanol–water partition coefficient (Wildman–Crippen LogP) is 4.33. The van der Waals surface area contributed by atoms with Crippen LogP contribution >= 0.6 is 23.2 Å². The van der Waals surface area contributed by atoms with E-state index in [0.29, 0.717) is 19.6 Å². The number of sulfonamides is 1. The maximum absolute atomic E-state index is 13.4. The summed E-state index contributed by atoms with van der Waals surface area (Å²) in [5.41, 5.74) is 0.977. The van der Waals surface area contributed by atoms with E-state index in [1.807, 2.05) is 30.3 Å². The van der Waals surface area contributed by atoms with Crippen molar-refractivity contribution in [2.75, 3.05) is 26.3 Å². The van der Waals surface area contributed by atoms with Crippen molar-refractivity contribution in [1.29, 1.82) is 0 Å². The second-order valence-corrected chi connectivity index (χ2v) is 8.92. The molecule has 0 atom stereocenters. The third kappa shape index (κ3) is 6.57. The molecule has 9 heteroatoms. The molecule has 0 aliphatic rings. The van der Waals surface area contributed by atoms with Crippen LogP contribution in [0.2, 0.25) is 10.0 Å². The molecule has 0 amide bonds. The first-order valence-corrected chi connectivity index (χ1v) is 11.4. The zero-order valence-corrected chi connectivity index (χ0v) is 18.7. The van der Waals surface area contributed by atoms with Gasteiger partial charge in [0.05, 0.1) is 11.6 Å². The third-order valence-electron chi connectivity index (χ3n) is 4.16. The fourth-order valence-electron chi connectivity index (χ4n) is 2.78. The molecule has 29 heavy (non-hydrogen) atoms. The Morgan fingerprint density at radius 1 is 1.07 bits per heavy atom. The molecule has 0 saturated carbocycles. The van der Waals surface area contributed by atoms with Crippen molar-refractivity contribution in [3.05, 3.63) is 58.1 Å². The van der Waals surface area contributed by atoms with E-state index in [2.05, 4.69) is 0 Å². The fraction of sp³-hybridized carbons (Fsp3) is 0.400. The summed E-state index contributed by atoms with van der Waals surface area (Å²) in [5.74, 6) is -0.537. The van der Waals surface area contributed by atoms with Gasteiger partial charge in [-0.05, 0) is 38.0 Å². The van der Waals surface area contributed by atoms with Crippen LogP contribution in [0.5, 0.6) is 5.75 Å². The number of ether oxygens (including phenoxy) is 2. The summed E-state index contributed by atoms with van der Waals surface area (Å²) in [6, 6.07) is 12.0. The van der Waals surface area contributed by atoms with Crippen LogP contribution in [-0.4, -0.2) is 50.4 Å². The van der Waals surface area contributed by atoms with Gasteiger partial charge in [0.15, 0.2) is 12.0 Å². The number of nitrogens with zero attached hydrogens (tertiary/aromatic N) is 1. The van der Waals surface area contributed by atoms with Gasteiger partial charge in [0.25, 0.3) is 0 Å². The zero-order valence-electron chi connectivity index (χ0n) is 16.3. The maximum atomic E-state index is 13.4. The van der Waals surface area contributed by atoms with Gasteiger partial charge in [-0.15, -0.1) is 0 Å². The van der Waals surface area contributed by atoms with Gasteiger partial charge < -0.3 is 14.6 Å². The van der Waals surface area contributed by atoms with Crippen LogP contribution in [0.15, 0.2) is 47.4 Å². The standard InChI is InChI=1S/C20H25Cl2NO5S/c1-3-27-19(28-4-2)14-23(11-10-15-8-6-5-7-9-15)29(25,26)18-13-16(21)12-17(22)20(18)24/h5-9,12-13,19,24H,3-4,10-11,14H2,1-2H3. The molecule has 0 heterocycles. The summed E-state index contributed by atoms with van der Waals surface area (Å²) in [5, 5.41) is 10.3. The van der Waals surface area contributed by atoms with Gasteiger partial charge in [0.1, 0.15) is 4.90 Å². The molecular weight excluding hydrogens is 437 g/mol. The minimum atomic E-state index is -4.12. The number of halogens is 2. The molecule has 0 fully saturated rings. The minimum Gasteiger partial charge on any atom is -0.505 e. The van der Waals surface area contributed by atoms with Crippen LogP contribution in [0.3, 0.4) is 0 Å². The van der Waals surface area contributed by atoms with Crippen molar-refractivity contribution >= 4 is 33.2 Å². The lowest BCUT2D eigenvalue weighted by molar-refractivity contribution is -0.140. The van der Waals surface area contributed by atoms with E-state index in [9.17, 15) is 13.5 Å². The first-order chi connectivity index (χ1) is 13.8. The Balaban J connectivity index is 2.38. The first kappa shape index (κ1) is 23.9. The van der Waals surface area contributed by atoms with Crippen LogP contribution in [-0.2, 0) is 25.9 Å². The van der Waals surface area contributed by atoms with E-state index in [-0.39, 0.29) is 28.0 Å². The predicted molar refractivity (Wildman–Crippen MR) is 114 cm³/mol. The molecule has 0 spiro atoms. The Kier molecular flexibility index (Phi) is 9.20.